The van der Waals surface area contributed by atoms with Gasteiger partial charge < -0.3 is 25.1 Å². The number of ether oxygens (including phenoxy) is 2. The van der Waals surface area contributed by atoms with Crippen LogP contribution in [0.25, 0.3) is 0 Å². The van der Waals surface area contributed by atoms with Crippen LogP contribution in [0, 0.1) is 18.0 Å². The summed E-state index contributed by atoms with van der Waals surface area (Å²) in [4.78, 5) is 13.7. The van der Waals surface area contributed by atoms with Crippen molar-refractivity contribution >= 4 is 33.4 Å². The third kappa shape index (κ3) is 9.26. The van der Waals surface area contributed by atoms with E-state index in [4.69, 9.17) is 9.47 Å². The molecule has 0 radical (unpaired) electrons. The summed E-state index contributed by atoms with van der Waals surface area (Å²) in [7, 11) is -4.00. The number of carbonyl (C=O) groups is 1. The second-order valence-corrected chi connectivity index (χ2v) is 15.5. The van der Waals surface area contributed by atoms with Gasteiger partial charge in [0, 0.05) is 35.1 Å². The smallest absolute Gasteiger partial charge is 0.251 e. The van der Waals surface area contributed by atoms with E-state index in [1.54, 1.807) is 48.5 Å². The molecule has 0 bridgehead atoms. The van der Waals surface area contributed by atoms with Crippen LogP contribution in [0.15, 0.2) is 137 Å². The Labute approximate surface area is 308 Å². The van der Waals surface area contributed by atoms with Crippen molar-refractivity contribution in [3.8, 4) is 0 Å². The van der Waals surface area contributed by atoms with Crippen LogP contribution in [-0.2, 0) is 37.3 Å². The second-order valence-electron chi connectivity index (χ2n) is 12.8. The van der Waals surface area contributed by atoms with Crippen molar-refractivity contribution in [1.29, 1.82) is 0 Å². The third-order valence-electron chi connectivity index (χ3n) is 8.99. The molecule has 52 heavy (non-hydrogen) atoms. The maximum atomic E-state index is 13.7. The average molecular weight is 740 g/mol. The van der Waals surface area contributed by atoms with Crippen molar-refractivity contribution in [3.63, 3.8) is 0 Å². The number of aliphatic hydroxyl groups is 1. The molecule has 0 aliphatic carbocycles. The number of hydrogen-bond acceptors (Lipinski definition) is 8. The Morgan fingerprint density at radius 3 is 2.21 bits per heavy atom. The highest BCUT2D eigenvalue weighted by molar-refractivity contribution is 7.99. The summed E-state index contributed by atoms with van der Waals surface area (Å²) >= 11 is 1.41. The molecule has 1 aromatic heterocycles. The first kappa shape index (κ1) is 37.2. The quantitative estimate of drug-likeness (QED) is 0.0734. The zero-order valence-corrected chi connectivity index (χ0v) is 30.4. The maximum Gasteiger partial charge on any atom is 0.251 e. The molecule has 0 unspecified atom stereocenters. The van der Waals surface area contributed by atoms with E-state index in [2.05, 4.69) is 17.0 Å². The highest BCUT2D eigenvalue weighted by atomic mass is 32.2. The molecule has 12 heteroatoms. The highest BCUT2D eigenvalue weighted by Gasteiger charge is 2.39. The molecular weight excluding hydrogens is 699 g/mol. The number of benzene rings is 4. The van der Waals surface area contributed by atoms with Gasteiger partial charge in [-0.05, 0) is 60.4 Å². The fourth-order valence-electron chi connectivity index (χ4n) is 5.97. The molecule has 0 saturated carbocycles. The van der Waals surface area contributed by atoms with Crippen molar-refractivity contribution in [2.75, 3.05) is 11.1 Å². The summed E-state index contributed by atoms with van der Waals surface area (Å²) in [6.45, 7) is 3.86. The van der Waals surface area contributed by atoms with E-state index in [1.807, 2.05) is 67.6 Å². The minimum Gasteiger partial charge on any atom is -0.618 e. The predicted molar refractivity (Wildman–Crippen MR) is 200 cm³/mol. The molecule has 5 atom stereocenters. The second kappa shape index (κ2) is 16.8. The van der Waals surface area contributed by atoms with E-state index in [0.717, 1.165) is 32.5 Å². The summed E-state index contributed by atoms with van der Waals surface area (Å²) in [6.07, 6.45) is 0.232. The van der Waals surface area contributed by atoms with E-state index < -0.39 is 28.3 Å². The zero-order chi connectivity index (χ0) is 36.7. The number of amides is 1. The summed E-state index contributed by atoms with van der Waals surface area (Å²) in [6, 6.07) is 34.6. The minimum atomic E-state index is -4.00. The molecule has 2 heterocycles. The number of aromatic nitrogens is 1. The molecule has 1 aliphatic heterocycles. The number of nitrogens with one attached hydrogen (secondary N) is 2. The maximum absolute atomic E-state index is 13.7. The minimum absolute atomic E-state index is 0.0624. The normalized spacial score (nSPS) is 19.5. The van der Waals surface area contributed by atoms with Crippen LogP contribution in [-0.4, -0.2) is 37.3 Å². The first-order valence-electron chi connectivity index (χ1n) is 16.9. The van der Waals surface area contributed by atoms with Gasteiger partial charge in [-0.2, -0.15) is 9.45 Å². The van der Waals surface area contributed by atoms with Crippen LogP contribution in [0.1, 0.15) is 47.1 Å². The Morgan fingerprint density at radius 1 is 0.865 bits per heavy atom. The molecule has 1 amide bonds. The number of rotatable bonds is 13. The molecule has 6 rings (SSSR count). The van der Waals surface area contributed by atoms with Crippen LogP contribution in [0.4, 0.5) is 5.69 Å². The summed E-state index contributed by atoms with van der Waals surface area (Å²) < 4.78 is 43.2. The van der Waals surface area contributed by atoms with Crippen molar-refractivity contribution in [2.24, 2.45) is 5.92 Å². The molecular formula is C40H41N3O7S2. The Balaban J connectivity index is 1.20. The van der Waals surface area contributed by atoms with Gasteiger partial charge in [-0.25, -0.2) is 8.42 Å². The molecule has 1 saturated heterocycles. The molecule has 1 fully saturated rings. The lowest BCUT2D eigenvalue weighted by Gasteiger charge is -2.41. The van der Waals surface area contributed by atoms with Crippen molar-refractivity contribution < 1.29 is 32.5 Å². The Bertz CT molecular complexity index is 2050. The molecule has 4 aromatic carbocycles. The molecule has 3 N–H and O–H groups in total. The lowest BCUT2D eigenvalue weighted by molar-refractivity contribution is -0.645. The van der Waals surface area contributed by atoms with Gasteiger partial charge in [0.2, 0.25) is 15.9 Å². The van der Waals surface area contributed by atoms with Crippen LogP contribution in [0.3, 0.4) is 0 Å². The fraction of sp³-hybridized carbons (Fsp3) is 0.250. The van der Waals surface area contributed by atoms with Gasteiger partial charge in [-0.15, -0.1) is 0 Å². The Hall–Kier alpha value is -4.56. The van der Waals surface area contributed by atoms with E-state index in [-0.39, 0.29) is 36.0 Å². The van der Waals surface area contributed by atoms with Gasteiger partial charge in [0.15, 0.2) is 12.5 Å². The third-order valence-corrected chi connectivity index (χ3v) is 11.6. The number of carbonyl (C=O) groups excluding carboxylic acids is 1. The predicted octanol–water partition coefficient (Wildman–Crippen LogP) is 6.23. The highest BCUT2D eigenvalue weighted by Crippen LogP contribution is 2.43. The van der Waals surface area contributed by atoms with Crippen molar-refractivity contribution in [3.05, 3.63) is 161 Å². The van der Waals surface area contributed by atoms with Crippen molar-refractivity contribution in [1.82, 2.24) is 4.72 Å². The average Bonchev–Trinajstić information content (AvgIpc) is 3.15. The molecule has 5 aromatic rings. The van der Waals surface area contributed by atoms with E-state index in [0.29, 0.717) is 16.5 Å². The number of pyridine rings is 1. The Kier molecular flexibility index (Phi) is 12.1. The van der Waals surface area contributed by atoms with Gasteiger partial charge in [0.1, 0.15) is 6.04 Å². The van der Waals surface area contributed by atoms with Gasteiger partial charge in [-0.3, -0.25) is 4.79 Å². The van der Waals surface area contributed by atoms with Gasteiger partial charge in [0.05, 0.1) is 23.7 Å². The van der Waals surface area contributed by atoms with Gasteiger partial charge >= 0.3 is 0 Å². The van der Waals surface area contributed by atoms with Gasteiger partial charge in [0.25, 0.3) is 5.03 Å². The molecule has 10 nitrogen and oxygen atoms in total. The molecule has 0 spiro atoms. The van der Waals surface area contributed by atoms with E-state index in [9.17, 15) is 23.5 Å². The summed E-state index contributed by atoms with van der Waals surface area (Å²) in [5.41, 5.74) is 4.64. The first-order valence-corrected chi connectivity index (χ1v) is 19.4. The number of anilines is 1. The summed E-state index contributed by atoms with van der Waals surface area (Å²) in [5, 5.41) is 25.3. The van der Waals surface area contributed by atoms with Crippen molar-refractivity contribution in [2.45, 2.75) is 61.3 Å². The lowest BCUT2D eigenvalue weighted by Crippen LogP contribution is -2.45. The van der Waals surface area contributed by atoms with E-state index >= 15 is 0 Å². The van der Waals surface area contributed by atoms with Crippen LogP contribution >= 0.6 is 11.8 Å². The monoisotopic (exact) mass is 739 g/mol. The number of sulfonamides is 1. The van der Waals surface area contributed by atoms with E-state index in [1.165, 1.54) is 30.1 Å². The van der Waals surface area contributed by atoms with Crippen LogP contribution < -0.4 is 14.8 Å². The lowest BCUT2D eigenvalue weighted by atomic mass is 9.91. The standard InChI is InChI=1S/C40H41N3O7S2/c1-27-11-21-34(22-12-27)52(47,48)42-35(24-29-8-4-3-5-9-29)39(45)41-33-19-17-32(18-20-33)40-49-36(26-51-37-10-6-7-23-43(37)46)28(2)38(50-40)31-15-13-30(25-44)14-16-31/h3-23,28,35-36,38,40,42,44H,24-26H2,1-2H3,(H,41,45)/t28-,35+,36+,38+,40+/m0/s1. The Morgan fingerprint density at radius 2 is 1.54 bits per heavy atom. The van der Waals surface area contributed by atoms with Gasteiger partial charge in [-0.1, -0.05) is 103 Å². The topological polar surface area (TPSA) is 141 Å². The largest absolute Gasteiger partial charge is 0.618 e. The zero-order valence-electron chi connectivity index (χ0n) is 28.8. The van der Waals surface area contributed by atoms with Crippen LogP contribution in [0.5, 0.6) is 0 Å². The summed E-state index contributed by atoms with van der Waals surface area (Å²) in [5.74, 6) is -0.0730. The van der Waals surface area contributed by atoms with Crippen LogP contribution in [0.2, 0.25) is 0 Å². The molecule has 270 valence electrons. The number of hydrogen-bond donors (Lipinski definition) is 3. The fourth-order valence-corrected chi connectivity index (χ4v) is 8.24. The number of nitrogens with zero attached hydrogens (tertiary/aromatic N) is 1. The number of aliphatic hydroxyl groups excluding tert-OH is 1. The number of thioether (sulfide) groups is 1. The first-order chi connectivity index (χ1) is 25.1. The number of aryl methyl sites for hydroxylation is 1. The molecule has 1 aliphatic rings. The SMILES string of the molecule is Cc1ccc(S(=O)(=O)N[C@H](Cc2ccccc2)C(=O)Nc2ccc([C@@H]3O[C@H](CSc4cccc[n+]4[O-])[C@H](C)[C@H](c4ccc(CO)cc4)O3)cc2)cc1.